The Balaban J connectivity index is 1.83. The third kappa shape index (κ3) is 3.81. The summed E-state index contributed by atoms with van der Waals surface area (Å²) in [6.07, 6.45) is 1.50. The zero-order valence-electron chi connectivity index (χ0n) is 15.2. The monoisotopic (exact) mass is 380 g/mol. The van der Waals surface area contributed by atoms with Gasteiger partial charge < -0.3 is 19.7 Å². The van der Waals surface area contributed by atoms with E-state index < -0.39 is 0 Å². The molecule has 0 saturated carbocycles. The third-order valence-electron chi connectivity index (χ3n) is 5.43. The van der Waals surface area contributed by atoms with Crippen molar-refractivity contribution < 1.29 is 19.1 Å². The van der Waals surface area contributed by atoms with Crippen LogP contribution in [0.1, 0.15) is 24.3 Å². The van der Waals surface area contributed by atoms with Gasteiger partial charge in [-0.25, -0.2) is 0 Å². The van der Waals surface area contributed by atoms with Crippen molar-refractivity contribution >= 4 is 29.2 Å². The molecule has 1 aromatic carbocycles. The van der Waals surface area contributed by atoms with E-state index in [4.69, 9.17) is 21.1 Å². The molecule has 0 aromatic heterocycles. The van der Waals surface area contributed by atoms with Crippen LogP contribution in [0.5, 0.6) is 0 Å². The van der Waals surface area contributed by atoms with E-state index in [-0.39, 0.29) is 29.6 Å². The predicted octanol–water partition coefficient (Wildman–Crippen LogP) is 2.21. The molecular weight excluding hydrogens is 356 g/mol. The number of hydrogen-bond donors (Lipinski definition) is 1. The predicted molar refractivity (Wildman–Crippen MR) is 99.5 cm³/mol. The second-order valence-corrected chi connectivity index (χ2v) is 7.34. The van der Waals surface area contributed by atoms with Crippen molar-refractivity contribution in [2.24, 2.45) is 11.8 Å². The molecule has 1 amide bonds. The summed E-state index contributed by atoms with van der Waals surface area (Å²) in [5.41, 5.74) is 2.15. The third-order valence-corrected chi connectivity index (χ3v) is 5.66. The largest absolute Gasteiger partial charge is 0.469 e. The number of hydrogen-bond acceptors (Lipinski definition) is 5. The number of nitrogens with zero attached hydrogens (tertiary/aromatic N) is 1. The number of benzene rings is 1. The van der Waals surface area contributed by atoms with Crippen molar-refractivity contribution in [2.45, 2.75) is 18.8 Å². The van der Waals surface area contributed by atoms with Crippen molar-refractivity contribution in [1.29, 1.82) is 0 Å². The van der Waals surface area contributed by atoms with Crippen LogP contribution in [-0.2, 0) is 19.1 Å². The number of anilines is 1. The van der Waals surface area contributed by atoms with Gasteiger partial charge in [-0.3, -0.25) is 9.59 Å². The van der Waals surface area contributed by atoms with Crippen molar-refractivity contribution in [1.82, 2.24) is 5.32 Å². The number of carbonyl (C=O) groups is 2. The van der Waals surface area contributed by atoms with Gasteiger partial charge in [0, 0.05) is 43.4 Å². The van der Waals surface area contributed by atoms with E-state index >= 15 is 0 Å². The standard InChI is InChI=1S/C19H25ClN2O4/c1-25-11-16-15(10-21-18(16)23)14-4-3-13(20)9-17(14)22-7-5-12(6-8-22)19(24)26-2/h3-4,9,12,15-16H,5-8,10-11H2,1-2H3,(H,21,23)/t15-,16-/m1/s1. The maximum Gasteiger partial charge on any atom is 0.308 e. The molecule has 6 nitrogen and oxygen atoms in total. The lowest BCUT2D eigenvalue weighted by Gasteiger charge is -2.35. The summed E-state index contributed by atoms with van der Waals surface area (Å²) in [6.45, 7) is 2.51. The average molecular weight is 381 g/mol. The van der Waals surface area contributed by atoms with Crippen molar-refractivity contribution in [3.63, 3.8) is 0 Å². The lowest BCUT2D eigenvalue weighted by atomic mass is 9.87. The second kappa shape index (κ2) is 8.27. The molecule has 26 heavy (non-hydrogen) atoms. The summed E-state index contributed by atoms with van der Waals surface area (Å²) in [7, 11) is 3.05. The average Bonchev–Trinajstić information content (AvgIpc) is 3.02. The Hall–Kier alpha value is -1.79. The first-order chi connectivity index (χ1) is 12.5. The molecule has 2 aliphatic heterocycles. The zero-order valence-corrected chi connectivity index (χ0v) is 15.9. The van der Waals surface area contributed by atoms with Gasteiger partial charge in [0.25, 0.3) is 0 Å². The van der Waals surface area contributed by atoms with Crippen LogP contribution < -0.4 is 10.2 Å². The van der Waals surface area contributed by atoms with Crippen LogP contribution in [0.3, 0.4) is 0 Å². The maximum atomic E-state index is 12.2. The molecule has 1 aromatic rings. The second-order valence-electron chi connectivity index (χ2n) is 6.90. The Morgan fingerprint density at radius 2 is 2.04 bits per heavy atom. The quantitative estimate of drug-likeness (QED) is 0.793. The highest BCUT2D eigenvalue weighted by atomic mass is 35.5. The Bertz CT molecular complexity index is 674. The molecule has 3 rings (SSSR count). The minimum absolute atomic E-state index is 0.0298. The first-order valence-corrected chi connectivity index (χ1v) is 9.31. The molecular formula is C19H25ClN2O4. The van der Waals surface area contributed by atoms with E-state index in [1.807, 2.05) is 18.2 Å². The van der Waals surface area contributed by atoms with Gasteiger partial charge in [-0.05, 0) is 30.5 Å². The van der Waals surface area contributed by atoms with Crippen LogP contribution in [0, 0.1) is 11.8 Å². The Morgan fingerprint density at radius 3 is 2.69 bits per heavy atom. The summed E-state index contributed by atoms with van der Waals surface area (Å²) in [5, 5.41) is 3.61. The minimum atomic E-state index is -0.201. The highest BCUT2D eigenvalue weighted by Gasteiger charge is 2.38. The van der Waals surface area contributed by atoms with E-state index in [0.717, 1.165) is 37.2 Å². The first kappa shape index (κ1) is 19.0. The number of nitrogens with one attached hydrogen (secondary N) is 1. The van der Waals surface area contributed by atoms with Gasteiger partial charge in [0.2, 0.25) is 5.91 Å². The van der Waals surface area contributed by atoms with E-state index in [0.29, 0.717) is 18.2 Å². The summed E-state index contributed by atoms with van der Waals surface area (Å²) in [6, 6.07) is 5.84. The summed E-state index contributed by atoms with van der Waals surface area (Å²) >= 11 is 6.26. The molecule has 7 heteroatoms. The molecule has 1 N–H and O–H groups in total. The number of rotatable bonds is 5. The Morgan fingerprint density at radius 1 is 1.31 bits per heavy atom. The van der Waals surface area contributed by atoms with E-state index in [2.05, 4.69) is 10.2 Å². The van der Waals surface area contributed by atoms with Gasteiger partial charge in [-0.15, -0.1) is 0 Å². The van der Waals surface area contributed by atoms with Crippen molar-refractivity contribution in [3.05, 3.63) is 28.8 Å². The summed E-state index contributed by atoms with van der Waals surface area (Å²) < 4.78 is 10.1. The smallest absolute Gasteiger partial charge is 0.308 e. The van der Waals surface area contributed by atoms with Gasteiger partial charge in [0.1, 0.15) is 0 Å². The van der Waals surface area contributed by atoms with Crippen LogP contribution in [0.15, 0.2) is 18.2 Å². The molecule has 142 valence electrons. The fourth-order valence-electron chi connectivity index (χ4n) is 3.99. The molecule has 0 spiro atoms. The Labute approximate surface area is 158 Å². The van der Waals surface area contributed by atoms with Gasteiger partial charge in [0.05, 0.1) is 25.6 Å². The van der Waals surface area contributed by atoms with Crippen LogP contribution in [0.25, 0.3) is 0 Å². The number of carbonyl (C=O) groups excluding carboxylic acids is 2. The van der Waals surface area contributed by atoms with E-state index in [1.165, 1.54) is 7.11 Å². The van der Waals surface area contributed by atoms with Crippen LogP contribution in [-0.4, -0.2) is 52.3 Å². The number of amides is 1. The normalized spacial score (nSPS) is 23.8. The number of esters is 1. The number of halogens is 1. The fourth-order valence-corrected chi connectivity index (χ4v) is 4.16. The topological polar surface area (TPSA) is 67.9 Å². The SMILES string of the molecule is COC[C@H]1C(=O)NC[C@@H]1c1ccc(Cl)cc1N1CCC(C(=O)OC)CC1. The first-order valence-electron chi connectivity index (χ1n) is 8.94. The van der Waals surface area contributed by atoms with Gasteiger partial charge in [-0.1, -0.05) is 17.7 Å². The van der Waals surface area contributed by atoms with Crippen LogP contribution >= 0.6 is 11.6 Å². The molecule has 0 bridgehead atoms. The summed E-state index contributed by atoms with van der Waals surface area (Å²) in [4.78, 5) is 26.2. The molecule has 0 unspecified atom stereocenters. The number of methoxy groups -OCH3 is 2. The lowest BCUT2D eigenvalue weighted by molar-refractivity contribution is -0.146. The molecule has 2 fully saturated rings. The minimum Gasteiger partial charge on any atom is -0.469 e. The van der Waals surface area contributed by atoms with Crippen molar-refractivity contribution in [3.8, 4) is 0 Å². The van der Waals surface area contributed by atoms with Crippen LogP contribution in [0.2, 0.25) is 5.02 Å². The Kier molecular flexibility index (Phi) is 6.04. The van der Waals surface area contributed by atoms with E-state index in [9.17, 15) is 9.59 Å². The highest BCUT2D eigenvalue weighted by molar-refractivity contribution is 6.30. The molecule has 2 saturated heterocycles. The number of ether oxygens (including phenoxy) is 2. The van der Waals surface area contributed by atoms with Gasteiger partial charge in [0.15, 0.2) is 0 Å². The molecule has 2 heterocycles. The summed E-state index contributed by atoms with van der Waals surface area (Å²) in [5.74, 6) is -0.306. The molecule has 0 radical (unpaired) electrons. The van der Waals surface area contributed by atoms with Gasteiger partial charge in [-0.2, -0.15) is 0 Å². The molecule has 2 atom stereocenters. The maximum absolute atomic E-state index is 12.2. The zero-order chi connectivity index (χ0) is 18.7. The highest BCUT2D eigenvalue weighted by Crippen LogP contribution is 2.38. The molecule has 2 aliphatic rings. The lowest BCUT2D eigenvalue weighted by Crippen LogP contribution is -2.37. The number of piperidine rings is 1. The molecule has 0 aliphatic carbocycles. The van der Waals surface area contributed by atoms with Crippen LogP contribution in [0.4, 0.5) is 5.69 Å². The fraction of sp³-hybridized carbons (Fsp3) is 0.579. The van der Waals surface area contributed by atoms with Gasteiger partial charge >= 0.3 is 5.97 Å². The van der Waals surface area contributed by atoms with Crippen molar-refractivity contribution in [2.75, 3.05) is 45.4 Å². The van der Waals surface area contributed by atoms with E-state index in [1.54, 1.807) is 7.11 Å².